The van der Waals surface area contributed by atoms with Crippen molar-refractivity contribution in [2.45, 2.75) is 17.6 Å². The number of methoxy groups -OCH3 is 3. The van der Waals surface area contributed by atoms with Crippen LogP contribution in [0.25, 0.3) is 0 Å². The molecule has 0 radical (unpaired) electrons. The first kappa shape index (κ1) is 29.5. The van der Waals surface area contributed by atoms with Gasteiger partial charge in [-0.25, -0.2) is 8.42 Å². The minimum Gasteiger partial charge on any atom is -0.495 e. The Morgan fingerprint density at radius 2 is 1.63 bits per heavy atom. The van der Waals surface area contributed by atoms with Crippen molar-refractivity contribution in [1.29, 1.82) is 0 Å². The second-order valence-electron chi connectivity index (χ2n) is 8.17. The zero-order chi connectivity index (χ0) is 27.7. The maximum Gasteiger partial charge on any atom is 0.265 e. The molecule has 3 aromatic carbocycles. The number of halogens is 1. The smallest absolute Gasteiger partial charge is 0.265 e. The molecule has 1 amide bonds. The Kier molecular flexibility index (Phi) is 10.6. The largest absolute Gasteiger partial charge is 0.495 e. The van der Waals surface area contributed by atoms with E-state index in [0.717, 1.165) is 10.1 Å². The molecule has 0 saturated heterocycles. The summed E-state index contributed by atoms with van der Waals surface area (Å²) in [7, 11) is 0.0477. The van der Waals surface area contributed by atoms with Crippen LogP contribution in [-0.2, 0) is 20.6 Å². The first-order chi connectivity index (χ1) is 18.2. The number of anilines is 1. The summed E-state index contributed by atoms with van der Waals surface area (Å²) in [6.07, 6.45) is 0. The predicted molar refractivity (Wildman–Crippen MR) is 152 cm³/mol. The maximum absolute atomic E-state index is 13.8. The fraction of sp³-hybridized carbons (Fsp3) is 0.296. The van der Waals surface area contributed by atoms with Crippen LogP contribution in [0.5, 0.6) is 17.2 Å². The molecule has 8 nitrogen and oxygen atoms in total. The fourth-order valence-corrected chi connectivity index (χ4v) is 6.21. The summed E-state index contributed by atoms with van der Waals surface area (Å²) < 4.78 is 44.5. The van der Waals surface area contributed by atoms with Gasteiger partial charge in [-0.05, 0) is 48.4 Å². The molecule has 0 aliphatic heterocycles. The summed E-state index contributed by atoms with van der Waals surface area (Å²) in [6, 6.07) is 17.0. The lowest BCUT2D eigenvalue weighted by Gasteiger charge is -2.26. The number of nitrogens with zero attached hydrogens (tertiary/aromatic N) is 1. The third-order valence-electron chi connectivity index (χ3n) is 5.73. The van der Waals surface area contributed by atoms with Gasteiger partial charge < -0.3 is 19.5 Å². The number of aryl methyl sites for hydroxylation is 1. The number of hydrogen-bond donors (Lipinski definition) is 1. The molecule has 3 aromatic rings. The first-order valence-electron chi connectivity index (χ1n) is 11.7. The number of benzene rings is 3. The normalized spacial score (nSPS) is 11.1. The van der Waals surface area contributed by atoms with Crippen LogP contribution in [0, 0.1) is 6.92 Å². The van der Waals surface area contributed by atoms with Crippen LogP contribution < -0.4 is 23.8 Å². The molecule has 0 saturated carbocycles. The number of ether oxygens (including phenoxy) is 3. The molecule has 204 valence electrons. The molecule has 0 aliphatic carbocycles. The number of rotatable bonds is 13. The van der Waals surface area contributed by atoms with Crippen LogP contribution in [0.1, 0.15) is 11.1 Å². The summed E-state index contributed by atoms with van der Waals surface area (Å²) in [4.78, 5) is 12.9. The Bertz CT molecular complexity index is 1370. The van der Waals surface area contributed by atoms with Gasteiger partial charge in [0.2, 0.25) is 5.91 Å². The molecule has 0 bridgehead atoms. The number of thioether (sulfide) groups is 1. The fourth-order valence-electron chi connectivity index (χ4n) is 3.67. The van der Waals surface area contributed by atoms with Crippen molar-refractivity contribution in [1.82, 2.24) is 5.32 Å². The van der Waals surface area contributed by atoms with E-state index in [0.29, 0.717) is 23.1 Å². The first-order valence-corrected chi connectivity index (χ1v) is 14.7. The van der Waals surface area contributed by atoms with E-state index in [9.17, 15) is 13.2 Å². The number of sulfonamides is 1. The molecule has 11 heteroatoms. The van der Waals surface area contributed by atoms with E-state index in [1.54, 1.807) is 23.9 Å². The molecular weight excluding hydrogens is 548 g/mol. The third kappa shape index (κ3) is 7.27. The lowest BCUT2D eigenvalue weighted by atomic mass is 10.1. The molecular formula is C27H31ClN2O6S2. The van der Waals surface area contributed by atoms with Crippen molar-refractivity contribution in [3.05, 3.63) is 76.8 Å². The highest BCUT2D eigenvalue weighted by Crippen LogP contribution is 2.37. The average Bonchev–Trinajstić information content (AvgIpc) is 2.91. The van der Waals surface area contributed by atoms with Crippen LogP contribution in [0.4, 0.5) is 5.69 Å². The SMILES string of the molecule is COc1ccc(S(=O)(=O)N(CC(=O)NCCSCc2ccccc2C)c2cc(Cl)ccc2OC)cc1OC. The summed E-state index contributed by atoms with van der Waals surface area (Å²) in [6.45, 7) is 1.97. The lowest BCUT2D eigenvalue weighted by molar-refractivity contribution is -0.119. The number of carbonyl (C=O) groups is 1. The van der Waals surface area contributed by atoms with E-state index in [2.05, 4.69) is 24.4 Å². The van der Waals surface area contributed by atoms with Gasteiger partial charge in [0.05, 0.1) is 31.9 Å². The van der Waals surface area contributed by atoms with Gasteiger partial charge in [-0.1, -0.05) is 35.9 Å². The Morgan fingerprint density at radius 3 is 2.32 bits per heavy atom. The van der Waals surface area contributed by atoms with Crippen molar-refractivity contribution in [2.24, 2.45) is 0 Å². The van der Waals surface area contributed by atoms with Gasteiger partial charge in [0.1, 0.15) is 12.3 Å². The van der Waals surface area contributed by atoms with Gasteiger partial charge in [0, 0.05) is 29.1 Å². The van der Waals surface area contributed by atoms with Crippen molar-refractivity contribution < 1.29 is 27.4 Å². The number of carbonyl (C=O) groups excluding carboxylic acids is 1. The zero-order valence-corrected chi connectivity index (χ0v) is 24.1. The Labute approximate surface area is 233 Å². The van der Waals surface area contributed by atoms with Gasteiger partial charge in [-0.15, -0.1) is 0 Å². The van der Waals surface area contributed by atoms with Gasteiger partial charge in [0.15, 0.2) is 11.5 Å². The second-order valence-corrected chi connectivity index (χ2v) is 11.6. The van der Waals surface area contributed by atoms with Crippen LogP contribution in [-0.4, -0.2) is 54.5 Å². The van der Waals surface area contributed by atoms with E-state index >= 15 is 0 Å². The van der Waals surface area contributed by atoms with Gasteiger partial charge in [0.25, 0.3) is 10.0 Å². The third-order valence-corrected chi connectivity index (χ3v) is 8.73. The molecule has 38 heavy (non-hydrogen) atoms. The van der Waals surface area contributed by atoms with Gasteiger partial charge in [-0.3, -0.25) is 9.10 Å². The lowest BCUT2D eigenvalue weighted by Crippen LogP contribution is -2.41. The summed E-state index contributed by atoms with van der Waals surface area (Å²) >= 11 is 7.89. The highest BCUT2D eigenvalue weighted by molar-refractivity contribution is 7.98. The van der Waals surface area contributed by atoms with Crippen LogP contribution in [0.3, 0.4) is 0 Å². The van der Waals surface area contributed by atoms with Crippen LogP contribution in [0.15, 0.2) is 65.6 Å². The molecule has 0 atom stereocenters. The molecule has 1 N–H and O–H groups in total. The highest BCUT2D eigenvalue weighted by Gasteiger charge is 2.30. The standard InChI is InChI=1S/C27H31ClN2O6S2/c1-19-7-5-6-8-20(19)18-37-14-13-29-27(31)17-30(23-15-21(28)9-11-24(23)34-2)38(32,33)22-10-12-25(35-3)26(16-22)36-4/h5-12,15-16H,13-14,17-18H2,1-4H3,(H,29,31). The van der Waals surface area contributed by atoms with E-state index < -0.39 is 22.5 Å². The molecule has 0 spiro atoms. The predicted octanol–water partition coefficient (Wildman–Crippen LogP) is 4.92. The summed E-state index contributed by atoms with van der Waals surface area (Å²) in [5.41, 5.74) is 2.60. The van der Waals surface area contributed by atoms with Crippen LogP contribution >= 0.6 is 23.4 Å². The average molecular weight is 579 g/mol. The van der Waals surface area contributed by atoms with Crippen molar-refractivity contribution in [3.63, 3.8) is 0 Å². The maximum atomic E-state index is 13.8. The monoisotopic (exact) mass is 578 g/mol. The molecule has 0 aliphatic rings. The molecule has 0 aromatic heterocycles. The van der Waals surface area contributed by atoms with E-state index in [-0.39, 0.29) is 22.1 Å². The topological polar surface area (TPSA) is 94.2 Å². The quantitative estimate of drug-likeness (QED) is 0.288. The molecule has 0 fully saturated rings. The number of amides is 1. The van der Waals surface area contributed by atoms with E-state index in [1.807, 2.05) is 12.1 Å². The summed E-state index contributed by atoms with van der Waals surface area (Å²) in [5, 5.41) is 3.11. The minimum absolute atomic E-state index is 0.0845. The Morgan fingerprint density at radius 1 is 0.947 bits per heavy atom. The van der Waals surface area contributed by atoms with Gasteiger partial charge in [-0.2, -0.15) is 11.8 Å². The number of nitrogens with one attached hydrogen (secondary N) is 1. The van der Waals surface area contributed by atoms with Crippen molar-refractivity contribution in [3.8, 4) is 17.2 Å². The van der Waals surface area contributed by atoms with Crippen molar-refractivity contribution >= 4 is 45.0 Å². The number of hydrogen-bond acceptors (Lipinski definition) is 7. The molecule has 3 rings (SSSR count). The Hall–Kier alpha value is -3.08. The van der Waals surface area contributed by atoms with Gasteiger partial charge >= 0.3 is 0 Å². The summed E-state index contributed by atoms with van der Waals surface area (Å²) in [5.74, 6) is 1.89. The highest BCUT2D eigenvalue weighted by atomic mass is 35.5. The van der Waals surface area contributed by atoms with E-state index in [1.165, 1.54) is 56.7 Å². The van der Waals surface area contributed by atoms with E-state index in [4.69, 9.17) is 25.8 Å². The van der Waals surface area contributed by atoms with Crippen LogP contribution in [0.2, 0.25) is 5.02 Å². The molecule has 0 heterocycles. The second kappa shape index (κ2) is 13.6. The zero-order valence-electron chi connectivity index (χ0n) is 21.7. The Balaban J connectivity index is 1.80. The minimum atomic E-state index is -4.24. The van der Waals surface area contributed by atoms with Crippen molar-refractivity contribution in [2.75, 3.05) is 44.5 Å². The molecule has 0 unspecified atom stereocenters.